The highest BCUT2D eigenvalue weighted by Gasteiger charge is 2.21. The van der Waals surface area contributed by atoms with Crippen LogP contribution >= 0.6 is 0 Å². The summed E-state index contributed by atoms with van der Waals surface area (Å²) >= 11 is 0. The van der Waals surface area contributed by atoms with Crippen molar-refractivity contribution in [2.75, 3.05) is 5.32 Å². The van der Waals surface area contributed by atoms with Gasteiger partial charge in [-0.15, -0.1) is 0 Å². The number of nitrogens with one attached hydrogen (secondary N) is 1. The van der Waals surface area contributed by atoms with Crippen molar-refractivity contribution in [3.63, 3.8) is 0 Å². The van der Waals surface area contributed by atoms with Crippen molar-refractivity contribution < 1.29 is 27.5 Å². The van der Waals surface area contributed by atoms with E-state index in [0.717, 1.165) is 36.4 Å². The Balaban J connectivity index is 1.98. The molecule has 0 bridgehead atoms. The van der Waals surface area contributed by atoms with Crippen LogP contribution in [0.25, 0.3) is 11.1 Å². The molecule has 0 aliphatic carbocycles. The maximum absolute atomic E-state index is 14.8. The number of phenols is 1. The van der Waals surface area contributed by atoms with Crippen LogP contribution in [0.4, 0.5) is 23.2 Å². The van der Waals surface area contributed by atoms with E-state index in [4.69, 9.17) is 0 Å². The van der Waals surface area contributed by atoms with Crippen LogP contribution < -0.4 is 5.32 Å². The van der Waals surface area contributed by atoms with Crippen LogP contribution in [0.15, 0.2) is 54.6 Å². The molecule has 1 amide bonds. The van der Waals surface area contributed by atoms with E-state index in [2.05, 4.69) is 5.32 Å². The Morgan fingerprint density at radius 1 is 0.846 bits per heavy atom. The number of aromatic hydroxyl groups is 1. The van der Waals surface area contributed by atoms with Crippen LogP contribution in [0.3, 0.4) is 0 Å². The molecule has 0 aliphatic rings. The number of carbonyl (C=O) groups excluding carboxylic acids is 1. The number of anilines is 1. The Hall–Kier alpha value is -3.35. The number of carbonyl (C=O) groups is 1. The van der Waals surface area contributed by atoms with Crippen molar-refractivity contribution in [3.05, 3.63) is 83.4 Å². The lowest BCUT2D eigenvalue weighted by Gasteiger charge is -2.11. The predicted octanol–water partition coefficient (Wildman–Crippen LogP) is 4.87. The maximum atomic E-state index is 14.8. The summed E-state index contributed by atoms with van der Waals surface area (Å²) in [7, 11) is 0. The SMILES string of the molecule is O=C(Nc1ccc(F)c(F)c1)c1c(O)ccc(-c2ccc(F)cc2)c1F. The Labute approximate surface area is 145 Å². The fourth-order valence-electron chi connectivity index (χ4n) is 2.40. The van der Waals surface area contributed by atoms with E-state index in [1.807, 2.05) is 0 Å². The highest BCUT2D eigenvalue weighted by molar-refractivity contribution is 6.07. The van der Waals surface area contributed by atoms with Gasteiger partial charge >= 0.3 is 0 Å². The second-order valence-corrected chi connectivity index (χ2v) is 5.41. The molecule has 3 nitrogen and oxygen atoms in total. The molecule has 0 unspecified atom stereocenters. The van der Waals surface area contributed by atoms with E-state index < -0.39 is 40.5 Å². The van der Waals surface area contributed by atoms with E-state index in [0.29, 0.717) is 5.56 Å². The normalized spacial score (nSPS) is 10.6. The lowest BCUT2D eigenvalue weighted by atomic mass is 10.0. The zero-order valence-electron chi connectivity index (χ0n) is 13.1. The van der Waals surface area contributed by atoms with Crippen LogP contribution in [-0.2, 0) is 0 Å². The average Bonchev–Trinajstić information content (AvgIpc) is 2.59. The number of phenolic OH excluding ortho intramolecular Hbond substituents is 1. The van der Waals surface area contributed by atoms with Gasteiger partial charge in [0, 0.05) is 17.3 Å². The Bertz CT molecular complexity index is 988. The second kappa shape index (κ2) is 6.87. The average molecular weight is 361 g/mol. The molecule has 0 aromatic heterocycles. The minimum Gasteiger partial charge on any atom is -0.507 e. The Morgan fingerprint density at radius 2 is 1.54 bits per heavy atom. The van der Waals surface area contributed by atoms with Crippen molar-refractivity contribution in [2.45, 2.75) is 0 Å². The van der Waals surface area contributed by atoms with Gasteiger partial charge in [0.15, 0.2) is 11.6 Å². The quantitative estimate of drug-likeness (QED) is 0.654. The van der Waals surface area contributed by atoms with Crippen molar-refractivity contribution >= 4 is 11.6 Å². The van der Waals surface area contributed by atoms with Crippen LogP contribution in [0, 0.1) is 23.3 Å². The summed E-state index contributed by atoms with van der Waals surface area (Å²) in [6.45, 7) is 0. The van der Waals surface area contributed by atoms with Crippen LogP contribution in [0.5, 0.6) is 5.75 Å². The van der Waals surface area contributed by atoms with Gasteiger partial charge in [-0.1, -0.05) is 12.1 Å². The van der Waals surface area contributed by atoms with Crippen LogP contribution in [0.1, 0.15) is 10.4 Å². The number of hydrogen-bond donors (Lipinski definition) is 2. The number of halogens is 4. The molecule has 3 aromatic carbocycles. The molecule has 3 aromatic rings. The van der Waals surface area contributed by atoms with E-state index in [-0.39, 0.29) is 11.3 Å². The standard InChI is InChI=1S/C19H11F4NO2/c20-11-3-1-10(2-4-11)13-6-8-16(25)17(18(13)23)19(26)24-12-5-7-14(21)15(22)9-12/h1-9,25H,(H,24,26). The largest absolute Gasteiger partial charge is 0.507 e. The van der Waals surface area contributed by atoms with Gasteiger partial charge in [0.05, 0.1) is 0 Å². The highest BCUT2D eigenvalue weighted by Crippen LogP contribution is 2.31. The third-order valence-electron chi connectivity index (χ3n) is 3.68. The fraction of sp³-hybridized carbons (Fsp3) is 0. The number of rotatable bonds is 3. The molecule has 132 valence electrons. The Kier molecular flexibility index (Phi) is 4.62. The second-order valence-electron chi connectivity index (χ2n) is 5.41. The molecule has 0 aliphatic heterocycles. The number of hydrogen-bond acceptors (Lipinski definition) is 2. The summed E-state index contributed by atoms with van der Waals surface area (Å²) in [5, 5.41) is 12.0. The molecule has 0 radical (unpaired) electrons. The molecule has 7 heteroatoms. The molecule has 0 fully saturated rings. The lowest BCUT2D eigenvalue weighted by molar-refractivity contribution is 0.102. The van der Waals surface area contributed by atoms with Crippen molar-refractivity contribution in [1.82, 2.24) is 0 Å². The van der Waals surface area contributed by atoms with Crippen molar-refractivity contribution in [1.29, 1.82) is 0 Å². The topological polar surface area (TPSA) is 49.3 Å². The number of benzene rings is 3. The molecule has 0 saturated carbocycles. The summed E-state index contributed by atoms with van der Waals surface area (Å²) in [5.74, 6) is -5.51. The fourth-order valence-corrected chi connectivity index (χ4v) is 2.40. The molecule has 0 atom stereocenters. The Morgan fingerprint density at radius 3 is 2.19 bits per heavy atom. The predicted molar refractivity (Wildman–Crippen MR) is 87.8 cm³/mol. The summed E-state index contributed by atoms with van der Waals surface area (Å²) < 4.78 is 54.0. The summed E-state index contributed by atoms with van der Waals surface area (Å²) in [4.78, 5) is 12.3. The molecular formula is C19H11F4NO2. The summed E-state index contributed by atoms with van der Waals surface area (Å²) in [5.41, 5.74) is -0.513. The first-order valence-electron chi connectivity index (χ1n) is 7.40. The lowest BCUT2D eigenvalue weighted by Crippen LogP contribution is -2.15. The maximum Gasteiger partial charge on any atom is 0.262 e. The van der Waals surface area contributed by atoms with Gasteiger partial charge in [0.2, 0.25) is 0 Å². The summed E-state index contributed by atoms with van der Waals surface area (Å²) in [6, 6.07) is 9.88. The number of amides is 1. The zero-order valence-corrected chi connectivity index (χ0v) is 13.1. The first-order valence-corrected chi connectivity index (χ1v) is 7.40. The van der Waals surface area contributed by atoms with Gasteiger partial charge in [0.25, 0.3) is 5.91 Å². The molecular weight excluding hydrogens is 350 g/mol. The third kappa shape index (κ3) is 3.37. The van der Waals surface area contributed by atoms with Crippen molar-refractivity contribution in [2.24, 2.45) is 0 Å². The van der Waals surface area contributed by atoms with Gasteiger partial charge in [-0.3, -0.25) is 4.79 Å². The molecule has 0 heterocycles. The van der Waals surface area contributed by atoms with E-state index >= 15 is 0 Å². The zero-order chi connectivity index (χ0) is 18.8. The summed E-state index contributed by atoms with van der Waals surface area (Å²) in [6.07, 6.45) is 0. The molecule has 0 spiro atoms. The van der Waals surface area contributed by atoms with Gasteiger partial charge in [-0.25, -0.2) is 17.6 Å². The van der Waals surface area contributed by atoms with Gasteiger partial charge in [-0.05, 0) is 42.0 Å². The van der Waals surface area contributed by atoms with Crippen LogP contribution in [0.2, 0.25) is 0 Å². The first-order chi connectivity index (χ1) is 12.4. The molecule has 0 saturated heterocycles. The van der Waals surface area contributed by atoms with Crippen LogP contribution in [-0.4, -0.2) is 11.0 Å². The van der Waals surface area contributed by atoms with Crippen molar-refractivity contribution in [3.8, 4) is 16.9 Å². The van der Waals surface area contributed by atoms with Gasteiger partial charge in [0.1, 0.15) is 22.9 Å². The first kappa shape index (κ1) is 17.5. The van der Waals surface area contributed by atoms with E-state index in [9.17, 15) is 27.5 Å². The molecule has 26 heavy (non-hydrogen) atoms. The molecule has 2 N–H and O–H groups in total. The molecule has 3 rings (SSSR count). The van der Waals surface area contributed by atoms with E-state index in [1.165, 1.54) is 18.2 Å². The highest BCUT2D eigenvalue weighted by atomic mass is 19.2. The monoisotopic (exact) mass is 361 g/mol. The van der Waals surface area contributed by atoms with E-state index in [1.54, 1.807) is 0 Å². The van der Waals surface area contributed by atoms with Gasteiger partial charge in [-0.2, -0.15) is 0 Å². The minimum absolute atomic E-state index is 0.0294. The minimum atomic E-state index is -1.19. The smallest absolute Gasteiger partial charge is 0.262 e. The third-order valence-corrected chi connectivity index (χ3v) is 3.68. The van der Waals surface area contributed by atoms with Gasteiger partial charge < -0.3 is 10.4 Å².